The first-order chi connectivity index (χ1) is 12.0. The number of pyridine rings is 1. The maximum Gasteiger partial charge on any atom is 0.313 e. The highest BCUT2D eigenvalue weighted by Gasteiger charge is 2.58. The van der Waals surface area contributed by atoms with E-state index in [2.05, 4.69) is 9.88 Å². The molecule has 25 heavy (non-hydrogen) atoms. The van der Waals surface area contributed by atoms with Crippen LogP contribution in [-0.2, 0) is 20.7 Å². The lowest BCUT2D eigenvalue weighted by molar-refractivity contribution is -0.149. The number of rotatable bonds is 7. The van der Waals surface area contributed by atoms with Gasteiger partial charge in [-0.2, -0.15) is 0 Å². The highest BCUT2D eigenvalue weighted by atomic mass is 16.5. The number of likely N-dealkylation sites (tertiary alicyclic amines) is 2. The molecule has 3 rings (SSSR count). The number of hydrogen-bond acceptors (Lipinski definition) is 5. The Labute approximate surface area is 147 Å². The van der Waals surface area contributed by atoms with Crippen LogP contribution in [0.2, 0.25) is 0 Å². The van der Waals surface area contributed by atoms with E-state index in [1.807, 2.05) is 12.1 Å². The average molecular weight is 347 g/mol. The average Bonchev–Trinajstić information content (AvgIpc) is 3.14. The standard InChI is InChI=1S/C18H25N3O4/c1-25-9-8-20-10-15-11-21(13-18(15,12-20)17(23)24)16(22)3-2-14-4-6-19-7-5-14/h4-7,15H,2-3,8-13H2,1H3,(H,23,24)/t15-,18-/m1/s1. The molecule has 2 fully saturated rings. The van der Waals surface area contributed by atoms with Crippen molar-refractivity contribution in [2.45, 2.75) is 12.8 Å². The molecular weight excluding hydrogens is 322 g/mol. The van der Waals surface area contributed by atoms with Crippen molar-refractivity contribution in [1.29, 1.82) is 0 Å². The minimum atomic E-state index is -0.833. The second-order valence-corrected chi connectivity index (χ2v) is 7.02. The molecule has 1 aromatic rings. The van der Waals surface area contributed by atoms with Gasteiger partial charge >= 0.3 is 5.97 Å². The summed E-state index contributed by atoms with van der Waals surface area (Å²) in [4.78, 5) is 32.4. The minimum absolute atomic E-state index is 0.00766. The Morgan fingerprint density at radius 3 is 2.72 bits per heavy atom. The van der Waals surface area contributed by atoms with Gasteiger partial charge in [0.15, 0.2) is 0 Å². The Kier molecular flexibility index (Phi) is 5.34. The van der Waals surface area contributed by atoms with Crippen LogP contribution in [0.5, 0.6) is 0 Å². The van der Waals surface area contributed by atoms with Crippen molar-refractivity contribution in [3.63, 3.8) is 0 Å². The summed E-state index contributed by atoms with van der Waals surface area (Å²) in [6, 6.07) is 3.80. The van der Waals surface area contributed by atoms with E-state index < -0.39 is 11.4 Å². The van der Waals surface area contributed by atoms with E-state index in [9.17, 15) is 14.7 Å². The smallest absolute Gasteiger partial charge is 0.313 e. The number of carbonyl (C=O) groups is 2. The molecule has 2 atom stereocenters. The molecule has 0 spiro atoms. The van der Waals surface area contributed by atoms with Crippen LogP contribution in [0.3, 0.4) is 0 Å². The highest BCUT2D eigenvalue weighted by Crippen LogP contribution is 2.42. The number of fused-ring (bicyclic) bond motifs is 1. The first-order valence-electron chi connectivity index (χ1n) is 8.66. The van der Waals surface area contributed by atoms with Crippen LogP contribution in [0.15, 0.2) is 24.5 Å². The van der Waals surface area contributed by atoms with Gasteiger partial charge < -0.3 is 14.7 Å². The SMILES string of the molecule is COCCN1C[C@@H]2CN(C(=O)CCc3ccncc3)C[C@]2(C(=O)O)C1. The Hall–Kier alpha value is -1.99. The topological polar surface area (TPSA) is 83.0 Å². The molecule has 0 unspecified atom stereocenters. The van der Waals surface area contributed by atoms with Crippen molar-refractivity contribution < 1.29 is 19.4 Å². The summed E-state index contributed by atoms with van der Waals surface area (Å²) in [5.41, 5.74) is 0.238. The zero-order valence-electron chi connectivity index (χ0n) is 14.6. The molecule has 0 aliphatic carbocycles. The van der Waals surface area contributed by atoms with Crippen LogP contribution in [0, 0.1) is 11.3 Å². The predicted molar refractivity (Wildman–Crippen MR) is 91.0 cm³/mol. The normalized spacial score (nSPS) is 26.0. The van der Waals surface area contributed by atoms with E-state index in [4.69, 9.17) is 4.74 Å². The number of aliphatic carboxylic acids is 1. The van der Waals surface area contributed by atoms with E-state index in [1.54, 1.807) is 24.4 Å². The summed E-state index contributed by atoms with van der Waals surface area (Å²) < 4.78 is 5.09. The lowest BCUT2D eigenvalue weighted by atomic mass is 9.81. The molecule has 0 aromatic carbocycles. The number of hydrogen-bond donors (Lipinski definition) is 1. The summed E-state index contributed by atoms with van der Waals surface area (Å²) >= 11 is 0. The molecule has 0 bridgehead atoms. The molecular formula is C18H25N3O4. The number of carboxylic acids is 1. The first-order valence-corrected chi connectivity index (χ1v) is 8.66. The largest absolute Gasteiger partial charge is 0.481 e. The van der Waals surface area contributed by atoms with Crippen molar-refractivity contribution in [2.75, 3.05) is 46.4 Å². The van der Waals surface area contributed by atoms with Gasteiger partial charge in [-0.05, 0) is 24.1 Å². The summed E-state index contributed by atoms with van der Waals surface area (Å²) in [6.45, 7) is 3.37. The Bertz CT molecular complexity index is 624. The summed E-state index contributed by atoms with van der Waals surface area (Å²) in [5.74, 6) is -0.760. The predicted octanol–water partition coefficient (Wildman–Crippen LogP) is 0.506. The molecule has 0 saturated carbocycles. The van der Waals surface area contributed by atoms with Crippen molar-refractivity contribution in [1.82, 2.24) is 14.8 Å². The quantitative estimate of drug-likeness (QED) is 0.774. The van der Waals surface area contributed by atoms with E-state index in [0.717, 1.165) is 12.1 Å². The summed E-state index contributed by atoms with van der Waals surface area (Å²) in [6.07, 6.45) is 4.49. The van der Waals surface area contributed by atoms with Gasteiger partial charge in [-0.15, -0.1) is 0 Å². The number of carbonyl (C=O) groups excluding carboxylic acids is 1. The summed E-state index contributed by atoms with van der Waals surface area (Å²) in [7, 11) is 1.65. The second kappa shape index (κ2) is 7.49. The van der Waals surface area contributed by atoms with Crippen LogP contribution in [0.25, 0.3) is 0 Å². The number of nitrogens with zero attached hydrogens (tertiary/aromatic N) is 3. The molecule has 136 valence electrons. The molecule has 7 nitrogen and oxygen atoms in total. The van der Waals surface area contributed by atoms with Crippen LogP contribution in [0.1, 0.15) is 12.0 Å². The molecule has 1 amide bonds. The monoisotopic (exact) mass is 347 g/mol. The van der Waals surface area contributed by atoms with Crippen LogP contribution in [0.4, 0.5) is 0 Å². The molecule has 2 saturated heterocycles. The van der Waals surface area contributed by atoms with Gasteiger partial charge in [0, 0.05) is 64.6 Å². The van der Waals surface area contributed by atoms with Gasteiger partial charge in [-0.1, -0.05) is 0 Å². The molecule has 7 heteroatoms. The molecule has 1 aromatic heterocycles. The van der Waals surface area contributed by atoms with Crippen molar-refractivity contribution in [2.24, 2.45) is 11.3 Å². The Morgan fingerprint density at radius 2 is 2.08 bits per heavy atom. The van der Waals surface area contributed by atoms with Gasteiger partial charge in [0.2, 0.25) is 5.91 Å². The third-order valence-electron chi connectivity index (χ3n) is 5.45. The maximum absolute atomic E-state index is 12.6. The number of aromatic nitrogens is 1. The van der Waals surface area contributed by atoms with Crippen LogP contribution in [-0.4, -0.2) is 78.2 Å². The first kappa shape index (κ1) is 17.8. The molecule has 2 aliphatic heterocycles. The van der Waals surface area contributed by atoms with E-state index in [0.29, 0.717) is 45.6 Å². The summed E-state index contributed by atoms with van der Waals surface area (Å²) in [5, 5.41) is 9.82. The molecule has 3 heterocycles. The number of methoxy groups -OCH3 is 1. The van der Waals surface area contributed by atoms with Gasteiger partial charge in [0.05, 0.1) is 6.61 Å². The van der Waals surface area contributed by atoms with Gasteiger partial charge in [-0.25, -0.2) is 0 Å². The van der Waals surface area contributed by atoms with E-state index >= 15 is 0 Å². The van der Waals surface area contributed by atoms with E-state index in [-0.39, 0.29) is 11.8 Å². The van der Waals surface area contributed by atoms with Crippen molar-refractivity contribution in [3.8, 4) is 0 Å². The van der Waals surface area contributed by atoms with Gasteiger partial charge in [0.1, 0.15) is 5.41 Å². The lowest BCUT2D eigenvalue weighted by Gasteiger charge is -2.25. The maximum atomic E-state index is 12.6. The number of aryl methyl sites for hydroxylation is 1. The van der Waals surface area contributed by atoms with Crippen molar-refractivity contribution >= 4 is 11.9 Å². The third-order valence-corrected chi connectivity index (χ3v) is 5.45. The van der Waals surface area contributed by atoms with Gasteiger partial charge in [0.25, 0.3) is 0 Å². The fraction of sp³-hybridized carbons (Fsp3) is 0.611. The second-order valence-electron chi connectivity index (χ2n) is 7.02. The number of carboxylic acid groups (broad SMARTS) is 1. The lowest BCUT2D eigenvalue weighted by Crippen LogP contribution is -2.42. The highest BCUT2D eigenvalue weighted by molar-refractivity contribution is 5.81. The molecule has 2 aliphatic rings. The number of amides is 1. The van der Waals surface area contributed by atoms with Crippen LogP contribution < -0.4 is 0 Å². The third kappa shape index (κ3) is 3.67. The fourth-order valence-electron chi connectivity index (χ4n) is 4.01. The fourth-order valence-corrected chi connectivity index (χ4v) is 4.01. The van der Waals surface area contributed by atoms with E-state index in [1.165, 1.54) is 0 Å². The van der Waals surface area contributed by atoms with Gasteiger partial charge in [-0.3, -0.25) is 19.5 Å². The van der Waals surface area contributed by atoms with Crippen molar-refractivity contribution in [3.05, 3.63) is 30.1 Å². The Balaban J connectivity index is 1.59. The number of ether oxygens (including phenoxy) is 1. The Morgan fingerprint density at radius 1 is 1.32 bits per heavy atom. The van der Waals surface area contributed by atoms with Crippen LogP contribution >= 0.6 is 0 Å². The minimum Gasteiger partial charge on any atom is -0.481 e. The zero-order chi connectivity index (χ0) is 17.9. The zero-order valence-corrected chi connectivity index (χ0v) is 14.6. The molecule has 1 N–H and O–H groups in total. The molecule has 0 radical (unpaired) electrons.